The molecule has 1 aromatic carbocycles. The molecule has 3 atom stereocenters. The maximum atomic E-state index is 12.5. The van der Waals surface area contributed by atoms with Gasteiger partial charge in [-0.3, -0.25) is 9.59 Å². The second kappa shape index (κ2) is 9.72. The molecular formula is C20H24N2NaO7S+. The van der Waals surface area contributed by atoms with Crippen molar-refractivity contribution in [1.82, 2.24) is 10.2 Å². The van der Waals surface area contributed by atoms with Crippen LogP contribution in [0.5, 0.6) is 17.2 Å². The number of fused-ring (bicyclic) bond motifs is 1. The molecule has 0 bridgehead atoms. The molecule has 11 heteroatoms. The van der Waals surface area contributed by atoms with Crippen LogP contribution in [0.25, 0.3) is 6.08 Å². The van der Waals surface area contributed by atoms with E-state index in [0.29, 0.717) is 22.8 Å². The summed E-state index contributed by atoms with van der Waals surface area (Å²) in [4.78, 5) is 37.7. The number of hydrogen-bond donors (Lipinski definition) is 2. The molecule has 9 nitrogen and oxygen atoms in total. The molecule has 2 saturated heterocycles. The largest absolute Gasteiger partial charge is 1.00 e. The second-order valence-corrected chi connectivity index (χ2v) is 9.15. The van der Waals surface area contributed by atoms with Gasteiger partial charge in [0.25, 0.3) is 0 Å². The first-order valence-corrected chi connectivity index (χ1v) is 10.0. The molecule has 0 aromatic heterocycles. The van der Waals surface area contributed by atoms with E-state index in [2.05, 4.69) is 5.32 Å². The van der Waals surface area contributed by atoms with E-state index in [1.54, 1.807) is 32.1 Å². The predicted molar refractivity (Wildman–Crippen MR) is 111 cm³/mol. The first kappa shape index (κ1) is 25.4. The van der Waals surface area contributed by atoms with Gasteiger partial charge >= 0.3 is 35.5 Å². The summed E-state index contributed by atoms with van der Waals surface area (Å²) >= 11 is 1.37. The quantitative estimate of drug-likeness (QED) is 0.284. The van der Waals surface area contributed by atoms with Crippen LogP contribution in [0.4, 0.5) is 0 Å². The zero-order chi connectivity index (χ0) is 22.2. The van der Waals surface area contributed by atoms with E-state index in [4.69, 9.17) is 14.2 Å². The minimum absolute atomic E-state index is 0. The monoisotopic (exact) mass is 459 g/mol. The molecule has 0 radical (unpaired) electrons. The average molecular weight is 459 g/mol. The van der Waals surface area contributed by atoms with Crippen LogP contribution in [0, 0.1) is 0 Å². The Kier molecular flexibility index (Phi) is 7.96. The molecule has 31 heavy (non-hydrogen) atoms. The molecule has 0 spiro atoms. The summed E-state index contributed by atoms with van der Waals surface area (Å²) < 4.78 is 15.2. The number of nitrogens with zero attached hydrogens (tertiary/aromatic N) is 1. The minimum Gasteiger partial charge on any atom is -0.493 e. The normalized spacial score (nSPS) is 23.5. The SMILES string of the molecule is COc1cc(/C=C/C(=O)N[C@@H]2C(=O)N3[C@@H]2SC(C)(C)[C@@H]3C(=O)O)cc(OC)c1OC.[Na+]. The third-order valence-electron chi connectivity index (χ3n) is 5.09. The number of benzene rings is 1. The number of carboxylic acids is 1. The summed E-state index contributed by atoms with van der Waals surface area (Å²) in [6.07, 6.45) is 2.86. The number of nitrogens with one attached hydrogen (secondary N) is 1. The van der Waals surface area contributed by atoms with Gasteiger partial charge in [0.2, 0.25) is 17.6 Å². The molecule has 2 heterocycles. The Bertz CT molecular complexity index is 896. The maximum Gasteiger partial charge on any atom is 1.00 e. The Labute approximate surface area is 206 Å². The van der Waals surface area contributed by atoms with E-state index < -0.39 is 34.1 Å². The van der Waals surface area contributed by atoms with Crippen molar-refractivity contribution in [1.29, 1.82) is 0 Å². The van der Waals surface area contributed by atoms with Crippen molar-refractivity contribution in [2.24, 2.45) is 0 Å². The van der Waals surface area contributed by atoms with Crippen LogP contribution in [-0.2, 0) is 14.4 Å². The van der Waals surface area contributed by atoms with Crippen molar-refractivity contribution in [2.45, 2.75) is 36.1 Å². The van der Waals surface area contributed by atoms with E-state index in [9.17, 15) is 19.5 Å². The Morgan fingerprint density at radius 2 is 1.74 bits per heavy atom. The van der Waals surface area contributed by atoms with Gasteiger partial charge in [-0.1, -0.05) is 0 Å². The number of methoxy groups -OCH3 is 3. The van der Waals surface area contributed by atoms with Crippen LogP contribution in [0.1, 0.15) is 19.4 Å². The van der Waals surface area contributed by atoms with E-state index in [1.165, 1.54) is 44.1 Å². The third kappa shape index (κ3) is 4.67. The van der Waals surface area contributed by atoms with E-state index >= 15 is 0 Å². The van der Waals surface area contributed by atoms with Gasteiger partial charge in [0.1, 0.15) is 17.5 Å². The fourth-order valence-electron chi connectivity index (χ4n) is 3.72. The van der Waals surface area contributed by atoms with Gasteiger partial charge in [0, 0.05) is 10.8 Å². The molecule has 2 N–H and O–H groups in total. The summed E-state index contributed by atoms with van der Waals surface area (Å²) in [7, 11) is 4.49. The molecule has 162 valence electrons. The zero-order valence-electron chi connectivity index (χ0n) is 18.3. The Hall–Kier alpha value is -1.88. The second-order valence-electron chi connectivity index (χ2n) is 7.38. The van der Waals surface area contributed by atoms with Crippen molar-refractivity contribution in [2.75, 3.05) is 21.3 Å². The van der Waals surface area contributed by atoms with Gasteiger partial charge in [0.05, 0.1) is 21.3 Å². The molecule has 3 rings (SSSR count). The predicted octanol–water partition coefficient (Wildman–Crippen LogP) is -1.64. The number of β-lactam (4-membered cyclic amide) rings is 1. The first-order valence-electron chi connectivity index (χ1n) is 9.16. The molecule has 1 aromatic rings. The number of aliphatic carboxylic acids is 1. The molecular weight excluding hydrogens is 435 g/mol. The summed E-state index contributed by atoms with van der Waals surface area (Å²) in [6.45, 7) is 3.57. The standard InChI is InChI=1S/C20H24N2O7S.Na/c1-20(2)16(19(25)26)22-17(24)14(18(22)30-20)21-13(23)7-6-10-8-11(27-3)15(29-5)12(9-10)28-4;/h6-9,14,16,18H,1-5H3,(H,21,23)(H,25,26);/q;+1/b7-6+;/t14-,16+,18-;/m1./s1. The minimum atomic E-state index is -1.05. The fraction of sp³-hybridized carbons (Fsp3) is 0.450. The van der Waals surface area contributed by atoms with E-state index in [-0.39, 0.29) is 35.5 Å². The van der Waals surface area contributed by atoms with Gasteiger partial charge in [-0.05, 0) is 37.6 Å². The van der Waals surface area contributed by atoms with Crippen LogP contribution in [0.3, 0.4) is 0 Å². The van der Waals surface area contributed by atoms with Crippen molar-refractivity contribution in [3.8, 4) is 17.2 Å². The van der Waals surface area contributed by atoms with Crippen molar-refractivity contribution >= 4 is 35.6 Å². The Morgan fingerprint density at radius 3 is 2.23 bits per heavy atom. The number of amides is 2. The zero-order valence-corrected chi connectivity index (χ0v) is 21.1. The topological polar surface area (TPSA) is 114 Å². The van der Waals surface area contributed by atoms with Crippen LogP contribution < -0.4 is 49.1 Å². The molecule has 0 saturated carbocycles. The third-order valence-corrected chi connectivity index (χ3v) is 6.66. The summed E-state index contributed by atoms with van der Waals surface area (Å²) in [5, 5.41) is 11.7. The number of carbonyl (C=O) groups excluding carboxylic acids is 2. The summed E-state index contributed by atoms with van der Waals surface area (Å²) in [6, 6.07) is 1.71. The summed E-state index contributed by atoms with van der Waals surface area (Å²) in [5.74, 6) is -0.554. The number of carbonyl (C=O) groups is 3. The number of hydrogen-bond acceptors (Lipinski definition) is 7. The van der Waals surface area contributed by atoms with Gasteiger partial charge in [-0.15, -0.1) is 11.8 Å². The smallest absolute Gasteiger partial charge is 0.493 e. The van der Waals surface area contributed by atoms with Crippen molar-refractivity contribution < 1.29 is 63.3 Å². The average Bonchev–Trinajstić information content (AvgIpc) is 2.97. The molecule has 0 unspecified atom stereocenters. The van der Waals surface area contributed by atoms with Crippen molar-refractivity contribution in [3.05, 3.63) is 23.8 Å². The molecule has 2 aliphatic heterocycles. The number of rotatable bonds is 7. The van der Waals surface area contributed by atoms with Gasteiger partial charge in [0.15, 0.2) is 11.5 Å². The van der Waals surface area contributed by atoms with Crippen molar-refractivity contribution in [3.63, 3.8) is 0 Å². The van der Waals surface area contributed by atoms with Crippen LogP contribution in [-0.4, -0.2) is 71.3 Å². The molecule has 0 aliphatic carbocycles. The van der Waals surface area contributed by atoms with Crippen LogP contribution >= 0.6 is 11.8 Å². The Morgan fingerprint density at radius 1 is 1.16 bits per heavy atom. The molecule has 2 aliphatic rings. The van der Waals surface area contributed by atoms with Gasteiger partial charge in [-0.2, -0.15) is 0 Å². The number of ether oxygens (including phenoxy) is 3. The first-order chi connectivity index (χ1) is 14.1. The summed E-state index contributed by atoms with van der Waals surface area (Å²) in [5.41, 5.74) is 0.642. The van der Waals surface area contributed by atoms with Crippen LogP contribution in [0.2, 0.25) is 0 Å². The maximum absolute atomic E-state index is 12.5. The Balaban J connectivity index is 0.00000341. The van der Waals surface area contributed by atoms with E-state index in [1.807, 2.05) is 0 Å². The number of thioether (sulfide) groups is 1. The fourth-order valence-corrected chi connectivity index (χ4v) is 5.34. The van der Waals surface area contributed by atoms with Gasteiger partial charge in [-0.25, -0.2) is 4.79 Å². The van der Waals surface area contributed by atoms with Crippen LogP contribution in [0.15, 0.2) is 18.2 Å². The van der Waals surface area contributed by atoms with E-state index in [0.717, 1.165) is 0 Å². The number of carboxylic acid groups (broad SMARTS) is 1. The van der Waals surface area contributed by atoms with Gasteiger partial charge < -0.3 is 29.5 Å². The molecule has 2 amide bonds. The molecule has 2 fully saturated rings.